The molecule has 0 saturated carbocycles. The highest BCUT2D eigenvalue weighted by Gasteiger charge is 2.33. The third kappa shape index (κ3) is 4.59. The molecule has 2 heterocycles. The van der Waals surface area contributed by atoms with Crippen LogP contribution in [0.3, 0.4) is 0 Å². The number of hydrogen-bond donors (Lipinski definition) is 0. The van der Waals surface area contributed by atoms with Crippen LogP contribution in [-0.2, 0) is 19.1 Å². The molecule has 1 aromatic rings. The van der Waals surface area contributed by atoms with Crippen LogP contribution in [0.2, 0.25) is 0 Å². The highest BCUT2D eigenvalue weighted by molar-refractivity contribution is 6.35. The van der Waals surface area contributed by atoms with Crippen molar-refractivity contribution in [2.75, 3.05) is 50.8 Å². The van der Waals surface area contributed by atoms with Gasteiger partial charge in [0, 0.05) is 45.0 Å². The maximum absolute atomic E-state index is 12.6. The zero-order chi connectivity index (χ0) is 19.2. The summed E-state index contributed by atoms with van der Waals surface area (Å²) in [5, 5.41) is 0. The number of anilines is 1. The van der Waals surface area contributed by atoms with Crippen LogP contribution in [-0.4, -0.2) is 73.5 Å². The number of piperidine rings is 1. The quantitative estimate of drug-likeness (QED) is 0.587. The number of amides is 2. The highest BCUT2D eigenvalue weighted by Crippen LogP contribution is 2.20. The van der Waals surface area contributed by atoms with Crippen LogP contribution in [0, 0.1) is 5.92 Å². The van der Waals surface area contributed by atoms with Gasteiger partial charge < -0.3 is 19.4 Å². The number of piperazine rings is 1. The van der Waals surface area contributed by atoms with E-state index < -0.39 is 11.8 Å². The van der Waals surface area contributed by atoms with Crippen molar-refractivity contribution in [1.29, 1.82) is 0 Å². The van der Waals surface area contributed by atoms with Gasteiger partial charge in [0.25, 0.3) is 0 Å². The van der Waals surface area contributed by atoms with E-state index in [0.717, 1.165) is 5.69 Å². The Balaban J connectivity index is 1.47. The van der Waals surface area contributed by atoms with E-state index in [0.29, 0.717) is 58.7 Å². The fourth-order valence-corrected chi connectivity index (χ4v) is 3.66. The van der Waals surface area contributed by atoms with Crippen molar-refractivity contribution in [3.63, 3.8) is 0 Å². The van der Waals surface area contributed by atoms with Gasteiger partial charge in [-0.3, -0.25) is 14.4 Å². The second kappa shape index (κ2) is 8.88. The summed E-state index contributed by atoms with van der Waals surface area (Å²) >= 11 is 0. The van der Waals surface area contributed by atoms with Gasteiger partial charge in [-0.1, -0.05) is 18.2 Å². The molecule has 0 aromatic heterocycles. The van der Waals surface area contributed by atoms with Gasteiger partial charge in [0.05, 0.1) is 12.5 Å². The summed E-state index contributed by atoms with van der Waals surface area (Å²) in [6.45, 7) is 5.52. The summed E-state index contributed by atoms with van der Waals surface area (Å²) in [5.41, 5.74) is 1.14. The van der Waals surface area contributed by atoms with E-state index in [1.165, 1.54) is 0 Å². The van der Waals surface area contributed by atoms with Crippen LogP contribution in [0.5, 0.6) is 0 Å². The Morgan fingerprint density at radius 2 is 1.44 bits per heavy atom. The predicted octanol–water partition coefficient (Wildman–Crippen LogP) is 1.14. The molecule has 0 bridgehead atoms. The van der Waals surface area contributed by atoms with Gasteiger partial charge in [-0.15, -0.1) is 0 Å². The molecule has 2 aliphatic rings. The topological polar surface area (TPSA) is 70.2 Å². The van der Waals surface area contributed by atoms with Gasteiger partial charge in [-0.2, -0.15) is 0 Å². The summed E-state index contributed by atoms with van der Waals surface area (Å²) in [4.78, 5) is 42.4. The number of nitrogens with zero attached hydrogens (tertiary/aromatic N) is 3. The molecule has 2 aliphatic heterocycles. The average Bonchev–Trinajstić information content (AvgIpc) is 2.74. The van der Waals surface area contributed by atoms with E-state index in [-0.39, 0.29) is 11.9 Å². The number of esters is 1. The molecule has 0 spiro atoms. The Labute approximate surface area is 159 Å². The van der Waals surface area contributed by atoms with Crippen LogP contribution in [0.25, 0.3) is 0 Å². The first kappa shape index (κ1) is 19.2. The van der Waals surface area contributed by atoms with Gasteiger partial charge in [0.2, 0.25) is 0 Å². The van der Waals surface area contributed by atoms with E-state index >= 15 is 0 Å². The largest absolute Gasteiger partial charge is 0.466 e. The molecule has 0 atom stereocenters. The Kier molecular flexibility index (Phi) is 6.32. The summed E-state index contributed by atoms with van der Waals surface area (Å²) in [7, 11) is 0. The minimum Gasteiger partial charge on any atom is -0.466 e. The molecule has 0 unspecified atom stereocenters. The first-order valence-corrected chi connectivity index (χ1v) is 9.65. The standard InChI is InChI=1S/C20H27N3O4/c1-2-27-20(26)16-8-10-22(11-9-16)18(24)19(25)23-14-12-21(13-15-23)17-6-4-3-5-7-17/h3-7,16H,2,8-15H2,1H3. The van der Waals surface area contributed by atoms with Crippen molar-refractivity contribution < 1.29 is 19.1 Å². The lowest BCUT2D eigenvalue weighted by molar-refractivity contribution is -0.155. The number of ether oxygens (including phenoxy) is 1. The number of carbonyl (C=O) groups excluding carboxylic acids is 3. The van der Waals surface area contributed by atoms with E-state index in [9.17, 15) is 14.4 Å². The van der Waals surface area contributed by atoms with Crippen molar-refractivity contribution in [1.82, 2.24) is 9.80 Å². The summed E-state index contributed by atoms with van der Waals surface area (Å²) in [6, 6.07) is 10.1. The molecule has 7 heteroatoms. The molecule has 146 valence electrons. The van der Waals surface area contributed by atoms with Gasteiger partial charge in [0.15, 0.2) is 0 Å². The molecule has 0 radical (unpaired) electrons. The fraction of sp³-hybridized carbons (Fsp3) is 0.550. The van der Waals surface area contributed by atoms with Gasteiger partial charge in [-0.25, -0.2) is 0 Å². The SMILES string of the molecule is CCOC(=O)C1CCN(C(=O)C(=O)N2CCN(c3ccccc3)CC2)CC1. The molecule has 0 N–H and O–H groups in total. The van der Waals surface area contributed by atoms with Crippen molar-refractivity contribution in [2.24, 2.45) is 5.92 Å². The Morgan fingerprint density at radius 1 is 0.889 bits per heavy atom. The molecule has 1 aromatic carbocycles. The number of rotatable bonds is 3. The smallest absolute Gasteiger partial charge is 0.312 e. The van der Waals surface area contributed by atoms with E-state index in [1.807, 2.05) is 18.2 Å². The molecule has 0 aliphatic carbocycles. The number of para-hydroxylation sites is 1. The highest BCUT2D eigenvalue weighted by atomic mass is 16.5. The molecule has 2 fully saturated rings. The van der Waals surface area contributed by atoms with Crippen LogP contribution in [0.4, 0.5) is 5.69 Å². The average molecular weight is 373 g/mol. The fourth-order valence-electron chi connectivity index (χ4n) is 3.66. The molecule has 7 nitrogen and oxygen atoms in total. The Morgan fingerprint density at radius 3 is 2.00 bits per heavy atom. The lowest BCUT2D eigenvalue weighted by atomic mass is 9.97. The third-order valence-electron chi connectivity index (χ3n) is 5.27. The molecule has 2 saturated heterocycles. The van der Waals surface area contributed by atoms with E-state index in [1.54, 1.807) is 16.7 Å². The van der Waals surface area contributed by atoms with Gasteiger partial charge in [0.1, 0.15) is 0 Å². The lowest BCUT2D eigenvalue weighted by Gasteiger charge is -2.37. The molecular formula is C20H27N3O4. The predicted molar refractivity (Wildman–Crippen MR) is 101 cm³/mol. The van der Waals surface area contributed by atoms with Crippen molar-refractivity contribution >= 4 is 23.5 Å². The van der Waals surface area contributed by atoms with Crippen LogP contribution in [0.15, 0.2) is 30.3 Å². The molecular weight excluding hydrogens is 346 g/mol. The Hall–Kier alpha value is -2.57. The first-order valence-electron chi connectivity index (χ1n) is 9.65. The second-order valence-corrected chi connectivity index (χ2v) is 6.93. The number of likely N-dealkylation sites (tertiary alicyclic amines) is 1. The molecule has 27 heavy (non-hydrogen) atoms. The second-order valence-electron chi connectivity index (χ2n) is 6.93. The number of hydrogen-bond acceptors (Lipinski definition) is 5. The minimum absolute atomic E-state index is 0.168. The van der Waals surface area contributed by atoms with Crippen molar-refractivity contribution in [2.45, 2.75) is 19.8 Å². The minimum atomic E-state index is -0.453. The number of carbonyl (C=O) groups is 3. The molecule has 3 rings (SSSR count). The zero-order valence-electron chi connectivity index (χ0n) is 15.8. The van der Waals surface area contributed by atoms with E-state index in [4.69, 9.17) is 4.74 Å². The van der Waals surface area contributed by atoms with Crippen LogP contribution in [0.1, 0.15) is 19.8 Å². The zero-order valence-corrected chi connectivity index (χ0v) is 15.8. The third-order valence-corrected chi connectivity index (χ3v) is 5.27. The van der Waals surface area contributed by atoms with Crippen molar-refractivity contribution in [3.8, 4) is 0 Å². The Bertz CT molecular complexity index is 663. The van der Waals surface area contributed by atoms with Gasteiger partial charge in [-0.05, 0) is 31.9 Å². The van der Waals surface area contributed by atoms with Crippen molar-refractivity contribution in [3.05, 3.63) is 30.3 Å². The summed E-state index contributed by atoms with van der Waals surface area (Å²) < 4.78 is 5.04. The monoisotopic (exact) mass is 373 g/mol. The lowest BCUT2D eigenvalue weighted by Crippen LogP contribution is -2.54. The van der Waals surface area contributed by atoms with E-state index in [2.05, 4.69) is 17.0 Å². The summed E-state index contributed by atoms with van der Waals surface area (Å²) in [5.74, 6) is -1.26. The van der Waals surface area contributed by atoms with Gasteiger partial charge >= 0.3 is 17.8 Å². The van der Waals surface area contributed by atoms with Crippen LogP contribution >= 0.6 is 0 Å². The summed E-state index contributed by atoms with van der Waals surface area (Å²) in [6.07, 6.45) is 1.11. The first-order chi connectivity index (χ1) is 13.1. The molecule has 2 amide bonds. The normalized spacial score (nSPS) is 18.3. The maximum Gasteiger partial charge on any atom is 0.312 e. The number of benzene rings is 1. The maximum atomic E-state index is 12.6. The van der Waals surface area contributed by atoms with Crippen LogP contribution < -0.4 is 4.90 Å².